The molecule has 3 aliphatic rings. The Hall–Kier alpha value is -4.95. The number of aryl methyl sites for hydroxylation is 1. The monoisotopic (exact) mass is 946 g/mol. The molecule has 0 radical (unpaired) electrons. The summed E-state index contributed by atoms with van der Waals surface area (Å²) in [6.45, 7) is 8.42. The molecular formula is C41H54O23S. The van der Waals surface area contributed by atoms with E-state index in [-0.39, 0.29) is 0 Å². The highest BCUT2D eigenvalue weighted by atomic mass is 32.2. The lowest BCUT2D eigenvalue weighted by atomic mass is 9.96. The molecule has 23 nitrogen and oxygen atoms in total. The van der Waals surface area contributed by atoms with Crippen LogP contribution in [-0.2, 0) is 99.9 Å². The van der Waals surface area contributed by atoms with Gasteiger partial charge in [-0.1, -0.05) is 29.5 Å². The van der Waals surface area contributed by atoms with Crippen molar-refractivity contribution in [2.75, 3.05) is 19.8 Å². The zero-order valence-electron chi connectivity index (χ0n) is 37.0. The molecule has 3 aliphatic heterocycles. The second kappa shape index (κ2) is 24.0. The Morgan fingerprint density at radius 2 is 0.877 bits per heavy atom. The number of rotatable bonds is 17. The Morgan fingerprint density at radius 3 is 1.31 bits per heavy atom. The van der Waals surface area contributed by atoms with Crippen molar-refractivity contribution >= 4 is 59.5 Å². The Labute approximate surface area is 377 Å². The summed E-state index contributed by atoms with van der Waals surface area (Å²) in [6, 6.07) is 7.06. The van der Waals surface area contributed by atoms with Crippen molar-refractivity contribution in [3.8, 4) is 0 Å². The number of thioether (sulfide) groups is 1. The highest BCUT2D eigenvalue weighted by molar-refractivity contribution is 7.99. The molecule has 3 heterocycles. The van der Waals surface area contributed by atoms with Gasteiger partial charge in [-0.3, -0.25) is 38.4 Å². The third-order valence-corrected chi connectivity index (χ3v) is 10.7. The number of carbonyl (C=O) groups excluding carboxylic acids is 8. The lowest BCUT2D eigenvalue weighted by Gasteiger charge is -2.48. The number of benzene rings is 1. The normalized spacial score (nSPS) is 32.1. The fourth-order valence-electron chi connectivity index (χ4n) is 7.01. The number of hydrogen-bond donors (Lipinski definition) is 2. The number of hydrogen-bond acceptors (Lipinski definition) is 24. The van der Waals surface area contributed by atoms with Crippen LogP contribution in [0.15, 0.2) is 29.2 Å². The minimum Gasteiger partial charge on any atom is -0.463 e. The predicted octanol–water partition coefficient (Wildman–Crippen LogP) is 0.102. The van der Waals surface area contributed by atoms with Gasteiger partial charge >= 0.3 is 47.8 Å². The van der Waals surface area contributed by atoms with Gasteiger partial charge in [0.2, 0.25) is 0 Å². The first-order valence-electron chi connectivity index (χ1n) is 20.2. The van der Waals surface area contributed by atoms with Gasteiger partial charge in [-0.25, -0.2) is 0 Å². The molecular weight excluding hydrogens is 892 g/mol. The second-order valence-corrected chi connectivity index (χ2v) is 16.2. The summed E-state index contributed by atoms with van der Waals surface area (Å²) < 4.78 is 73.8. The van der Waals surface area contributed by atoms with Crippen molar-refractivity contribution in [2.24, 2.45) is 0 Å². The topological polar surface area (TPSA) is 297 Å². The summed E-state index contributed by atoms with van der Waals surface area (Å²) in [6.07, 6.45) is -23.0. The van der Waals surface area contributed by atoms with E-state index in [0.717, 1.165) is 72.7 Å². The first-order chi connectivity index (χ1) is 30.5. The van der Waals surface area contributed by atoms with E-state index in [1.807, 2.05) is 6.92 Å². The van der Waals surface area contributed by atoms with E-state index in [1.165, 1.54) is 0 Å². The molecule has 362 valence electrons. The zero-order valence-corrected chi connectivity index (χ0v) is 37.8. The Balaban J connectivity index is 1.76. The molecule has 0 spiro atoms. The summed E-state index contributed by atoms with van der Waals surface area (Å²) in [4.78, 5) is 98.6. The van der Waals surface area contributed by atoms with E-state index in [4.69, 9.17) is 61.6 Å². The van der Waals surface area contributed by atoms with Gasteiger partial charge in [-0.2, -0.15) is 0 Å². The molecule has 15 atom stereocenters. The first-order valence-corrected chi connectivity index (χ1v) is 21.0. The second-order valence-electron chi connectivity index (χ2n) is 15.0. The van der Waals surface area contributed by atoms with Crippen molar-refractivity contribution < 1.29 is 110 Å². The molecule has 65 heavy (non-hydrogen) atoms. The number of aliphatic hydroxyl groups is 2. The minimum atomic E-state index is -1.89. The highest BCUT2D eigenvalue weighted by Gasteiger charge is 2.57. The molecule has 0 saturated carbocycles. The van der Waals surface area contributed by atoms with Crippen LogP contribution in [-0.4, -0.2) is 169 Å². The van der Waals surface area contributed by atoms with Crippen LogP contribution in [0.5, 0.6) is 0 Å². The number of esters is 8. The maximum atomic E-state index is 12.5. The molecule has 1 aromatic carbocycles. The van der Waals surface area contributed by atoms with Crippen molar-refractivity contribution in [3.05, 3.63) is 29.8 Å². The maximum absolute atomic E-state index is 12.5. The lowest BCUT2D eigenvalue weighted by Crippen LogP contribution is -2.66. The van der Waals surface area contributed by atoms with Gasteiger partial charge in [0.15, 0.2) is 49.2 Å². The molecule has 24 heteroatoms. The van der Waals surface area contributed by atoms with Crippen molar-refractivity contribution in [1.82, 2.24) is 0 Å². The standard InChI is InChI=1S/C41H54O23S/c1-17-10-12-26(13-11-17)65-41-31(51)34(64-40-38(60-25(9)49)36(58-23(7)47)33(56-21(5)45)29(62-40)16-53-19(3)43)30(50)27(63-41)14-54-39-37(59-24(8)48)35(57-22(6)46)32(55-20(4)44)28(61-39)15-52-18(2)42/h10-13,27-41,50-51H,14-16H2,1-9H3/t27-,28-,29-,30-,31+,32-,33-,34+,35+,36+,37-,38-,39-,40+,41-/m1/s1. The van der Waals surface area contributed by atoms with Gasteiger partial charge < -0.3 is 71.8 Å². The van der Waals surface area contributed by atoms with Crippen LogP contribution in [0, 0.1) is 6.92 Å². The van der Waals surface area contributed by atoms with Crippen LogP contribution in [0.2, 0.25) is 0 Å². The van der Waals surface area contributed by atoms with Gasteiger partial charge in [0.05, 0.1) is 6.61 Å². The van der Waals surface area contributed by atoms with Gasteiger partial charge in [-0.15, -0.1) is 0 Å². The Morgan fingerprint density at radius 1 is 0.477 bits per heavy atom. The third-order valence-electron chi connectivity index (χ3n) is 9.53. The van der Waals surface area contributed by atoms with Gasteiger partial charge in [0.25, 0.3) is 0 Å². The summed E-state index contributed by atoms with van der Waals surface area (Å²) in [7, 11) is 0. The molecule has 0 aliphatic carbocycles. The largest absolute Gasteiger partial charge is 0.463 e. The Bertz CT molecular complexity index is 1860. The van der Waals surface area contributed by atoms with E-state index in [9.17, 15) is 48.6 Å². The summed E-state index contributed by atoms with van der Waals surface area (Å²) in [5.74, 6) is -6.93. The minimum absolute atomic E-state index is 0.562. The first kappa shape index (κ1) is 52.7. The van der Waals surface area contributed by atoms with Crippen molar-refractivity contribution in [1.29, 1.82) is 0 Å². The fraction of sp³-hybridized carbons (Fsp3) is 0.659. The number of carbonyl (C=O) groups is 8. The molecule has 2 N–H and O–H groups in total. The van der Waals surface area contributed by atoms with Crippen LogP contribution < -0.4 is 0 Å². The fourth-order valence-corrected chi connectivity index (χ4v) is 8.07. The molecule has 1 aromatic rings. The summed E-state index contributed by atoms with van der Waals surface area (Å²) >= 11 is 1.00. The van der Waals surface area contributed by atoms with Crippen LogP contribution >= 0.6 is 11.8 Å². The van der Waals surface area contributed by atoms with Gasteiger partial charge in [0.1, 0.15) is 55.3 Å². The summed E-state index contributed by atoms with van der Waals surface area (Å²) in [5.41, 5.74) is -0.378. The van der Waals surface area contributed by atoms with E-state index in [1.54, 1.807) is 24.3 Å². The van der Waals surface area contributed by atoms with E-state index in [0.29, 0.717) is 4.90 Å². The Kier molecular flexibility index (Phi) is 19.5. The number of ether oxygens (including phenoxy) is 13. The average Bonchev–Trinajstić information content (AvgIpc) is 3.19. The lowest BCUT2D eigenvalue weighted by molar-refractivity contribution is -0.344. The van der Waals surface area contributed by atoms with Gasteiger partial charge in [-0.05, 0) is 19.1 Å². The summed E-state index contributed by atoms with van der Waals surface area (Å²) in [5, 5.41) is 23.9. The highest BCUT2D eigenvalue weighted by Crippen LogP contribution is 2.38. The van der Waals surface area contributed by atoms with Crippen LogP contribution in [0.25, 0.3) is 0 Å². The van der Waals surface area contributed by atoms with E-state index in [2.05, 4.69) is 0 Å². The molecule has 3 saturated heterocycles. The molecule has 0 bridgehead atoms. The zero-order chi connectivity index (χ0) is 48.3. The molecule has 4 rings (SSSR count). The smallest absolute Gasteiger partial charge is 0.303 e. The van der Waals surface area contributed by atoms with Crippen molar-refractivity contribution in [2.45, 2.75) is 158 Å². The van der Waals surface area contributed by atoms with Crippen LogP contribution in [0.3, 0.4) is 0 Å². The van der Waals surface area contributed by atoms with Crippen LogP contribution in [0.4, 0.5) is 0 Å². The average molecular weight is 947 g/mol. The van der Waals surface area contributed by atoms with Gasteiger partial charge in [0, 0.05) is 60.3 Å². The maximum Gasteiger partial charge on any atom is 0.303 e. The van der Waals surface area contributed by atoms with Crippen LogP contribution in [0.1, 0.15) is 61.0 Å². The quantitative estimate of drug-likeness (QED) is 0.155. The van der Waals surface area contributed by atoms with Crippen molar-refractivity contribution in [3.63, 3.8) is 0 Å². The third kappa shape index (κ3) is 15.3. The van der Waals surface area contributed by atoms with E-state index < -0.39 is 159 Å². The van der Waals surface area contributed by atoms with E-state index >= 15 is 0 Å². The molecule has 0 unspecified atom stereocenters. The number of aliphatic hydroxyl groups excluding tert-OH is 2. The molecule has 3 fully saturated rings. The predicted molar refractivity (Wildman–Crippen MR) is 212 cm³/mol. The molecule has 0 amide bonds. The SMILES string of the molecule is CC(=O)OC[C@H]1O[C@@H](OC[C@H]2O[C@H](Sc3ccc(C)cc3)[C@@H](O)[C@@H](O[C@@H]3O[C@H](COC(C)=O)[C@@H](OC(C)=O)[C@H](OC(C)=O)[C@H]3OC(C)=O)[C@@H]2O)[C@H](OC(C)=O)[C@@H](OC(C)=O)[C@@H]1OC(C)=O. The molecule has 0 aromatic heterocycles.